The van der Waals surface area contributed by atoms with Gasteiger partial charge in [-0.3, -0.25) is 9.59 Å². The molecule has 0 aliphatic carbocycles. The number of nitrogens with one attached hydrogen (secondary N) is 1. The van der Waals surface area contributed by atoms with E-state index in [1.807, 2.05) is 0 Å². The van der Waals surface area contributed by atoms with Gasteiger partial charge in [-0.25, -0.2) is 0 Å². The number of carbonyl (C=O) groups excluding carboxylic acids is 2. The first-order valence-electron chi connectivity index (χ1n) is 6.51. The van der Waals surface area contributed by atoms with Crippen molar-refractivity contribution >= 4 is 29.0 Å². The Labute approximate surface area is 119 Å². The number of hydrogen-bond acceptors (Lipinski definition) is 4. The molecule has 108 valence electrons. The van der Waals surface area contributed by atoms with E-state index in [9.17, 15) is 9.59 Å². The van der Waals surface area contributed by atoms with Gasteiger partial charge < -0.3 is 20.9 Å². The molecule has 0 bridgehead atoms. The third kappa shape index (κ3) is 4.76. The highest BCUT2D eigenvalue weighted by Crippen LogP contribution is 2.15. The number of carbonyl (C=O) groups is 2. The first-order chi connectivity index (χ1) is 8.95. The Morgan fingerprint density at radius 2 is 2.00 bits per heavy atom. The Bertz CT molecular complexity index is 354. The van der Waals surface area contributed by atoms with Crippen LogP contribution in [0.15, 0.2) is 0 Å². The summed E-state index contributed by atoms with van der Waals surface area (Å²) in [6.07, 6.45) is 1.80. The molecule has 19 heavy (non-hydrogen) atoms. The minimum atomic E-state index is -0.645. The van der Waals surface area contributed by atoms with Gasteiger partial charge in [0.05, 0.1) is 11.5 Å². The smallest absolute Gasteiger partial charge is 0.311 e. The maximum atomic E-state index is 11.9. The van der Waals surface area contributed by atoms with Gasteiger partial charge in [-0.2, -0.15) is 0 Å². The molecule has 0 saturated carbocycles. The lowest BCUT2D eigenvalue weighted by molar-refractivity contribution is -0.146. The average molecular weight is 286 g/mol. The van der Waals surface area contributed by atoms with Crippen molar-refractivity contribution in [1.29, 1.82) is 0 Å². The molecule has 0 aromatic rings. The Balaban J connectivity index is 2.44. The monoisotopic (exact) mass is 286 g/mol. The molecule has 0 atom stereocenters. The number of hydrogen-bond donors (Lipinski definition) is 2. The minimum absolute atomic E-state index is 0.0576. The number of piperidine rings is 1. The molecule has 0 aromatic heterocycles. The molecule has 2 amide bonds. The van der Waals surface area contributed by atoms with Crippen LogP contribution in [0.2, 0.25) is 0 Å². The van der Waals surface area contributed by atoms with Gasteiger partial charge in [-0.05, 0) is 19.4 Å². The molecule has 1 rings (SSSR count). The maximum Gasteiger partial charge on any atom is 0.311 e. The molecule has 1 heterocycles. The van der Waals surface area contributed by atoms with Crippen LogP contribution in [-0.4, -0.2) is 65.9 Å². The van der Waals surface area contributed by atoms with Gasteiger partial charge in [0, 0.05) is 26.2 Å². The summed E-state index contributed by atoms with van der Waals surface area (Å²) in [6.45, 7) is 5.14. The second kappa shape index (κ2) is 7.40. The highest BCUT2D eigenvalue weighted by molar-refractivity contribution is 7.80. The molecule has 1 saturated heterocycles. The summed E-state index contributed by atoms with van der Waals surface area (Å²) >= 11 is 4.65. The van der Waals surface area contributed by atoms with Crippen LogP contribution < -0.4 is 11.1 Å². The quantitative estimate of drug-likeness (QED) is 0.529. The lowest BCUT2D eigenvalue weighted by atomic mass is 10.0. The third-order valence-electron chi connectivity index (χ3n) is 3.49. The Hall–Kier alpha value is -1.21. The van der Waals surface area contributed by atoms with Crippen LogP contribution in [0.3, 0.4) is 0 Å². The predicted molar refractivity (Wildman–Crippen MR) is 77.7 cm³/mol. The van der Waals surface area contributed by atoms with Crippen molar-refractivity contribution in [2.75, 3.05) is 33.2 Å². The fourth-order valence-corrected chi connectivity index (χ4v) is 2.26. The Morgan fingerprint density at radius 1 is 1.42 bits per heavy atom. The van der Waals surface area contributed by atoms with Gasteiger partial charge in [-0.1, -0.05) is 19.1 Å². The van der Waals surface area contributed by atoms with Gasteiger partial charge in [0.15, 0.2) is 0 Å². The minimum Gasteiger partial charge on any atom is -0.392 e. The van der Waals surface area contributed by atoms with E-state index in [1.54, 1.807) is 7.05 Å². The van der Waals surface area contributed by atoms with E-state index in [-0.39, 0.29) is 17.6 Å². The van der Waals surface area contributed by atoms with E-state index in [4.69, 9.17) is 5.73 Å². The Morgan fingerprint density at radius 3 is 2.47 bits per heavy atom. The van der Waals surface area contributed by atoms with E-state index in [0.717, 1.165) is 32.5 Å². The normalized spacial score (nSPS) is 16.9. The van der Waals surface area contributed by atoms with E-state index in [2.05, 4.69) is 29.4 Å². The van der Waals surface area contributed by atoms with E-state index >= 15 is 0 Å². The molecule has 1 aliphatic heterocycles. The highest BCUT2D eigenvalue weighted by atomic mass is 32.1. The van der Waals surface area contributed by atoms with Gasteiger partial charge in [0.25, 0.3) is 0 Å². The summed E-state index contributed by atoms with van der Waals surface area (Å²) in [7, 11) is 1.68. The molecule has 6 nitrogen and oxygen atoms in total. The zero-order valence-electron chi connectivity index (χ0n) is 11.5. The number of likely N-dealkylation sites (tertiary alicyclic amines) is 1. The standard InChI is InChI=1S/C12H22N4O2S/c1-3-16-6-4-9(5-7-16)15(2)12(18)11(17)14-8-10(13)19/h9H,3-8H2,1-2H3,(H2,13,19)(H,14,17). The van der Waals surface area contributed by atoms with Crippen molar-refractivity contribution in [2.24, 2.45) is 5.73 Å². The van der Waals surface area contributed by atoms with Crippen molar-refractivity contribution in [1.82, 2.24) is 15.1 Å². The largest absolute Gasteiger partial charge is 0.392 e. The molecule has 0 aromatic carbocycles. The van der Waals surface area contributed by atoms with Gasteiger partial charge in [0.1, 0.15) is 0 Å². The zero-order valence-corrected chi connectivity index (χ0v) is 12.3. The number of rotatable bonds is 4. The summed E-state index contributed by atoms with van der Waals surface area (Å²) in [5.74, 6) is -1.17. The van der Waals surface area contributed by atoms with Crippen LogP contribution in [0, 0.1) is 0 Å². The summed E-state index contributed by atoms with van der Waals surface area (Å²) in [5.41, 5.74) is 5.28. The number of likely N-dealkylation sites (N-methyl/N-ethyl adjacent to an activating group) is 1. The molecule has 1 fully saturated rings. The highest BCUT2D eigenvalue weighted by Gasteiger charge is 2.28. The van der Waals surface area contributed by atoms with Crippen LogP contribution in [-0.2, 0) is 9.59 Å². The topological polar surface area (TPSA) is 78.7 Å². The van der Waals surface area contributed by atoms with Gasteiger partial charge in [0.2, 0.25) is 0 Å². The summed E-state index contributed by atoms with van der Waals surface area (Å²) < 4.78 is 0. The lowest BCUT2D eigenvalue weighted by Crippen LogP contribution is -2.50. The predicted octanol–water partition coefficient (Wildman–Crippen LogP) is -0.669. The number of thiocarbonyl (C=S) groups is 1. The van der Waals surface area contributed by atoms with Crippen LogP contribution in [0.1, 0.15) is 19.8 Å². The fraction of sp³-hybridized carbons (Fsp3) is 0.750. The van der Waals surface area contributed by atoms with Gasteiger partial charge in [-0.15, -0.1) is 0 Å². The molecule has 7 heteroatoms. The van der Waals surface area contributed by atoms with Crippen molar-refractivity contribution in [2.45, 2.75) is 25.8 Å². The number of nitrogens with zero attached hydrogens (tertiary/aromatic N) is 2. The summed E-state index contributed by atoms with van der Waals surface area (Å²) in [4.78, 5) is 27.6. The molecular formula is C12H22N4O2S. The molecule has 0 unspecified atom stereocenters. The van der Waals surface area contributed by atoms with E-state index < -0.39 is 11.8 Å². The second-order valence-corrected chi connectivity index (χ2v) is 5.25. The van der Waals surface area contributed by atoms with Crippen LogP contribution in [0.5, 0.6) is 0 Å². The molecular weight excluding hydrogens is 264 g/mol. The van der Waals surface area contributed by atoms with Crippen molar-refractivity contribution in [3.05, 3.63) is 0 Å². The van der Waals surface area contributed by atoms with Crippen LogP contribution in [0.4, 0.5) is 0 Å². The number of nitrogens with two attached hydrogens (primary N) is 1. The fourth-order valence-electron chi connectivity index (χ4n) is 2.19. The average Bonchev–Trinajstić information content (AvgIpc) is 2.43. The summed E-state index contributed by atoms with van der Waals surface area (Å²) in [5, 5.41) is 2.42. The van der Waals surface area contributed by atoms with Crippen molar-refractivity contribution in [3.8, 4) is 0 Å². The van der Waals surface area contributed by atoms with Crippen molar-refractivity contribution in [3.63, 3.8) is 0 Å². The second-order valence-electron chi connectivity index (χ2n) is 4.73. The van der Waals surface area contributed by atoms with Crippen LogP contribution in [0.25, 0.3) is 0 Å². The van der Waals surface area contributed by atoms with E-state index in [0.29, 0.717) is 0 Å². The number of amides is 2. The SMILES string of the molecule is CCN1CCC(N(C)C(=O)C(=O)NCC(N)=S)CC1. The Kier molecular flexibility index (Phi) is 6.17. The van der Waals surface area contributed by atoms with Crippen LogP contribution >= 0.6 is 12.2 Å². The van der Waals surface area contributed by atoms with E-state index in [1.165, 1.54) is 4.90 Å². The van der Waals surface area contributed by atoms with Gasteiger partial charge >= 0.3 is 11.8 Å². The first kappa shape index (κ1) is 15.8. The first-order valence-corrected chi connectivity index (χ1v) is 6.92. The third-order valence-corrected chi connectivity index (χ3v) is 3.63. The summed E-state index contributed by atoms with van der Waals surface area (Å²) in [6, 6.07) is 0.130. The molecule has 0 spiro atoms. The molecule has 0 radical (unpaired) electrons. The maximum absolute atomic E-state index is 11.9. The van der Waals surface area contributed by atoms with Crippen molar-refractivity contribution < 1.29 is 9.59 Å². The zero-order chi connectivity index (χ0) is 14.4. The molecule has 3 N–H and O–H groups in total. The lowest BCUT2D eigenvalue weighted by Gasteiger charge is -2.35. The molecule has 1 aliphatic rings.